The monoisotopic (exact) mass is 1550 g/mol. The number of unbranched alkanes of at least 4 members (excludes halogenated alkanes) is 49. The SMILES string of the molecule is CCC(C)CCCCCCCCCCCCCCCCCCCCC(=O)O[C@H](COC(=O)CCCCCCCCC(C)C)COP(=O)(O)OC[C@H](O)COP(=O)(O)OC[C@@H](COC(=O)CCCCCCCCCCCCCCCC(C)C)OC(=O)CCCCCCCCCCCCCCCCCCC(C)C. The summed E-state index contributed by atoms with van der Waals surface area (Å²) in [6.45, 7) is 14.3. The molecule has 19 heteroatoms. The van der Waals surface area contributed by atoms with Gasteiger partial charge in [-0.25, -0.2) is 9.13 Å². The Bertz CT molecular complexity index is 2060. The highest BCUT2D eigenvalue weighted by molar-refractivity contribution is 7.47. The smallest absolute Gasteiger partial charge is 0.462 e. The molecular weight excluding hydrogens is 1380 g/mol. The van der Waals surface area contributed by atoms with Crippen LogP contribution < -0.4 is 0 Å². The van der Waals surface area contributed by atoms with E-state index < -0.39 is 97.5 Å². The molecule has 106 heavy (non-hydrogen) atoms. The fourth-order valence-corrected chi connectivity index (χ4v) is 15.0. The Labute approximate surface area is 651 Å². The zero-order valence-electron chi connectivity index (χ0n) is 70.1. The Hall–Kier alpha value is -1.94. The summed E-state index contributed by atoms with van der Waals surface area (Å²) in [5.74, 6) is 1.04. The van der Waals surface area contributed by atoms with E-state index in [2.05, 4.69) is 55.4 Å². The largest absolute Gasteiger partial charge is 0.472 e. The Balaban J connectivity index is 5.19. The zero-order valence-corrected chi connectivity index (χ0v) is 71.9. The molecule has 0 aliphatic carbocycles. The molecule has 0 aromatic rings. The number of carbonyl (C=O) groups is 4. The van der Waals surface area contributed by atoms with E-state index in [1.165, 1.54) is 250 Å². The summed E-state index contributed by atoms with van der Waals surface area (Å²) in [5.41, 5.74) is 0. The first-order valence-corrected chi connectivity index (χ1v) is 47.7. The molecule has 17 nitrogen and oxygen atoms in total. The highest BCUT2D eigenvalue weighted by Crippen LogP contribution is 2.45. The number of esters is 4. The maximum Gasteiger partial charge on any atom is 0.472 e. The van der Waals surface area contributed by atoms with E-state index in [1.54, 1.807) is 0 Å². The van der Waals surface area contributed by atoms with Gasteiger partial charge in [0.15, 0.2) is 12.2 Å². The molecule has 0 bridgehead atoms. The van der Waals surface area contributed by atoms with E-state index in [0.717, 1.165) is 114 Å². The van der Waals surface area contributed by atoms with Crippen LogP contribution >= 0.6 is 15.6 Å². The molecular formula is C87H170O17P2. The lowest BCUT2D eigenvalue weighted by atomic mass is 9.99. The van der Waals surface area contributed by atoms with Crippen molar-refractivity contribution in [2.75, 3.05) is 39.6 Å². The number of rotatable bonds is 84. The van der Waals surface area contributed by atoms with Crippen molar-refractivity contribution < 1.29 is 80.2 Å². The Kier molecular flexibility index (Phi) is 74.3. The molecule has 0 aliphatic rings. The topological polar surface area (TPSA) is 237 Å². The van der Waals surface area contributed by atoms with Crippen molar-refractivity contribution >= 4 is 39.5 Å². The first-order chi connectivity index (χ1) is 51.1. The van der Waals surface area contributed by atoms with Gasteiger partial charge in [-0.2, -0.15) is 0 Å². The fraction of sp³-hybridized carbons (Fsp3) is 0.954. The summed E-state index contributed by atoms with van der Waals surface area (Å²) < 4.78 is 68.9. The van der Waals surface area contributed by atoms with Crippen molar-refractivity contribution in [2.45, 2.75) is 472 Å². The van der Waals surface area contributed by atoms with Crippen LogP contribution in [0.5, 0.6) is 0 Å². The first-order valence-electron chi connectivity index (χ1n) is 44.7. The third-order valence-corrected chi connectivity index (χ3v) is 22.6. The molecule has 3 unspecified atom stereocenters. The molecule has 0 aromatic carbocycles. The highest BCUT2D eigenvalue weighted by Gasteiger charge is 2.31. The molecule has 0 spiro atoms. The Morgan fingerprint density at radius 2 is 0.453 bits per heavy atom. The summed E-state index contributed by atoms with van der Waals surface area (Å²) in [4.78, 5) is 73.2. The second-order valence-corrected chi connectivity index (χ2v) is 35.9. The zero-order chi connectivity index (χ0) is 78.1. The van der Waals surface area contributed by atoms with Gasteiger partial charge in [0.1, 0.15) is 19.3 Å². The summed E-state index contributed by atoms with van der Waals surface area (Å²) in [7, 11) is -9.93. The van der Waals surface area contributed by atoms with Crippen LogP contribution in [0.3, 0.4) is 0 Å². The number of phosphoric ester groups is 2. The molecule has 0 aliphatic heterocycles. The average molecular weight is 1550 g/mol. The van der Waals surface area contributed by atoms with Crippen LogP contribution in [0.2, 0.25) is 0 Å². The van der Waals surface area contributed by atoms with Crippen molar-refractivity contribution in [1.82, 2.24) is 0 Å². The Morgan fingerprint density at radius 3 is 0.670 bits per heavy atom. The van der Waals surface area contributed by atoms with Gasteiger partial charge in [0.2, 0.25) is 0 Å². The van der Waals surface area contributed by atoms with Gasteiger partial charge in [0.25, 0.3) is 0 Å². The summed E-state index contributed by atoms with van der Waals surface area (Å²) in [6, 6.07) is 0. The van der Waals surface area contributed by atoms with E-state index in [-0.39, 0.29) is 25.7 Å². The lowest BCUT2D eigenvalue weighted by Crippen LogP contribution is -2.30. The standard InChI is InChI=1S/C87H170O17P2/c1-9-80(8)66-58-50-41-35-29-23-17-12-10-11-13-18-24-31-37-43-53-62-70-87(92)104-83(74-98-85(90)68-60-52-46-45-49-57-65-79(6)7)76-102-106(95,96)100-72-81(88)71-99-105(93,94)101-75-82(73-97-84(89)67-59-51-42-36-30-26-20-22-28-34-40-48-56-64-78(4)5)103-86(91)69-61-54-44-38-32-25-19-15-14-16-21-27-33-39-47-55-63-77(2)3/h77-83,88H,9-76H2,1-8H3,(H,93,94)(H,95,96)/t80?,81-,82-,83-/m1/s1. The maximum atomic E-state index is 13.1. The van der Waals surface area contributed by atoms with Crippen molar-refractivity contribution in [1.29, 1.82) is 0 Å². The van der Waals surface area contributed by atoms with E-state index in [4.69, 9.17) is 37.0 Å². The van der Waals surface area contributed by atoms with Crippen molar-refractivity contribution in [2.24, 2.45) is 23.7 Å². The van der Waals surface area contributed by atoms with Crippen LogP contribution in [0.1, 0.15) is 453 Å². The van der Waals surface area contributed by atoms with Crippen LogP contribution in [0.15, 0.2) is 0 Å². The minimum Gasteiger partial charge on any atom is -0.462 e. The number of carbonyl (C=O) groups excluding carboxylic acids is 4. The second kappa shape index (κ2) is 75.7. The summed E-state index contributed by atoms with van der Waals surface area (Å²) in [6.07, 6.45) is 65.4. The minimum atomic E-state index is -4.97. The molecule has 0 radical (unpaired) electrons. The van der Waals surface area contributed by atoms with Gasteiger partial charge in [-0.15, -0.1) is 0 Å². The predicted octanol–water partition coefficient (Wildman–Crippen LogP) is 26.3. The van der Waals surface area contributed by atoms with Gasteiger partial charge in [0.05, 0.1) is 26.4 Å². The molecule has 6 atom stereocenters. The number of aliphatic hydroxyl groups excluding tert-OH is 1. The molecule has 3 N–H and O–H groups in total. The lowest BCUT2D eigenvalue weighted by molar-refractivity contribution is -0.161. The third-order valence-electron chi connectivity index (χ3n) is 20.7. The summed E-state index contributed by atoms with van der Waals surface area (Å²) >= 11 is 0. The molecule has 0 heterocycles. The van der Waals surface area contributed by atoms with E-state index >= 15 is 0 Å². The highest BCUT2D eigenvalue weighted by atomic mass is 31.2. The molecule has 0 aromatic heterocycles. The van der Waals surface area contributed by atoms with Crippen LogP contribution in [0.25, 0.3) is 0 Å². The number of aliphatic hydroxyl groups is 1. The number of ether oxygens (including phenoxy) is 4. The van der Waals surface area contributed by atoms with Crippen molar-refractivity contribution in [3.63, 3.8) is 0 Å². The quantitative estimate of drug-likeness (QED) is 0.0222. The lowest BCUT2D eigenvalue weighted by Gasteiger charge is -2.21. The van der Waals surface area contributed by atoms with Gasteiger partial charge in [-0.3, -0.25) is 37.3 Å². The third kappa shape index (κ3) is 78.7. The van der Waals surface area contributed by atoms with Crippen LogP contribution in [0.4, 0.5) is 0 Å². The average Bonchev–Trinajstić information content (AvgIpc) is 0.899. The molecule has 0 fully saturated rings. The van der Waals surface area contributed by atoms with E-state index in [9.17, 15) is 43.2 Å². The fourth-order valence-electron chi connectivity index (χ4n) is 13.5. The first kappa shape index (κ1) is 104. The van der Waals surface area contributed by atoms with E-state index in [1.807, 2.05) is 0 Å². The molecule has 0 saturated heterocycles. The van der Waals surface area contributed by atoms with Gasteiger partial charge in [0, 0.05) is 25.7 Å². The van der Waals surface area contributed by atoms with Gasteiger partial charge in [-0.05, 0) is 49.4 Å². The number of hydrogen-bond donors (Lipinski definition) is 3. The van der Waals surface area contributed by atoms with Crippen LogP contribution in [-0.2, 0) is 65.4 Å². The van der Waals surface area contributed by atoms with Gasteiger partial charge >= 0.3 is 39.5 Å². The van der Waals surface area contributed by atoms with Crippen molar-refractivity contribution in [3.8, 4) is 0 Å². The Morgan fingerprint density at radius 1 is 0.264 bits per heavy atom. The van der Waals surface area contributed by atoms with Crippen LogP contribution in [-0.4, -0.2) is 96.7 Å². The molecule has 0 saturated carbocycles. The number of phosphoric acid groups is 2. The minimum absolute atomic E-state index is 0.107. The second-order valence-electron chi connectivity index (χ2n) is 33.0. The predicted molar refractivity (Wildman–Crippen MR) is 437 cm³/mol. The normalized spacial score (nSPS) is 14.2. The number of hydrogen-bond acceptors (Lipinski definition) is 15. The molecule has 0 rings (SSSR count). The van der Waals surface area contributed by atoms with Gasteiger partial charge < -0.3 is 33.8 Å². The molecule has 0 amide bonds. The summed E-state index contributed by atoms with van der Waals surface area (Å²) in [5, 5.41) is 10.7. The van der Waals surface area contributed by atoms with Crippen molar-refractivity contribution in [3.05, 3.63) is 0 Å². The molecule has 630 valence electrons. The van der Waals surface area contributed by atoms with E-state index in [0.29, 0.717) is 31.6 Å². The van der Waals surface area contributed by atoms with Crippen LogP contribution in [0, 0.1) is 23.7 Å². The van der Waals surface area contributed by atoms with Gasteiger partial charge in [-0.1, -0.05) is 402 Å². The maximum absolute atomic E-state index is 13.1.